The summed E-state index contributed by atoms with van der Waals surface area (Å²) in [6.45, 7) is 2.23. The third-order valence-electron chi connectivity index (χ3n) is 3.99. The van der Waals surface area contributed by atoms with Crippen LogP contribution in [-0.4, -0.2) is 44.1 Å². The molecule has 0 N–H and O–H groups in total. The number of hydrogen-bond acceptors (Lipinski definition) is 5. The zero-order chi connectivity index (χ0) is 17.1. The van der Waals surface area contributed by atoms with Gasteiger partial charge in [-0.2, -0.15) is 0 Å². The van der Waals surface area contributed by atoms with Gasteiger partial charge in [0.1, 0.15) is 12.1 Å². The molecule has 0 aliphatic carbocycles. The Hall–Kier alpha value is -2.83. The van der Waals surface area contributed by atoms with Gasteiger partial charge in [0.05, 0.1) is 7.11 Å². The van der Waals surface area contributed by atoms with E-state index in [-0.39, 0.29) is 23.2 Å². The Bertz CT molecular complexity index is 780. The van der Waals surface area contributed by atoms with E-state index in [1.165, 1.54) is 19.2 Å². The van der Waals surface area contributed by atoms with E-state index < -0.39 is 5.43 Å². The highest BCUT2D eigenvalue weighted by Crippen LogP contribution is 2.18. The molecule has 1 aromatic carbocycles. The van der Waals surface area contributed by atoms with Crippen molar-refractivity contribution in [2.24, 2.45) is 0 Å². The monoisotopic (exact) mass is 332 g/mol. The summed E-state index contributed by atoms with van der Waals surface area (Å²) in [5, 5.41) is 0. The summed E-state index contributed by atoms with van der Waals surface area (Å²) < 4.78 is 23.0. The van der Waals surface area contributed by atoms with Crippen LogP contribution in [0.2, 0.25) is 0 Å². The third kappa shape index (κ3) is 3.24. The molecule has 0 unspecified atom stereocenters. The lowest BCUT2D eigenvalue weighted by molar-refractivity contribution is 0.0711. The van der Waals surface area contributed by atoms with E-state index in [0.29, 0.717) is 26.2 Å². The van der Waals surface area contributed by atoms with E-state index in [2.05, 4.69) is 4.90 Å². The third-order valence-corrected chi connectivity index (χ3v) is 3.99. The van der Waals surface area contributed by atoms with Gasteiger partial charge in [0.2, 0.25) is 11.2 Å². The van der Waals surface area contributed by atoms with Crippen LogP contribution in [0.25, 0.3) is 0 Å². The van der Waals surface area contributed by atoms with Gasteiger partial charge in [-0.05, 0) is 24.3 Å². The van der Waals surface area contributed by atoms with Crippen LogP contribution >= 0.6 is 0 Å². The summed E-state index contributed by atoms with van der Waals surface area (Å²) in [6.07, 6.45) is 1.14. The normalized spacial score (nSPS) is 14.6. The van der Waals surface area contributed by atoms with E-state index >= 15 is 0 Å². The van der Waals surface area contributed by atoms with E-state index in [0.717, 1.165) is 18.0 Å². The van der Waals surface area contributed by atoms with Gasteiger partial charge in [0.15, 0.2) is 5.76 Å². The van der Waals surface area contributed by atoms with E-state index in [1.54, 1.807) is 17.0 Å². The molecule has 6 nitrogen and oxygen atoms in total. The number of benzene rings is 1. The fraction of sp³-hybridized carbons (Fsp3) is 0.294. The summed E-state index contributed by atoms with van der Waals surface area (Å²) in [4.78, 5) is 27.9. The van der Waals surface area contributed by atoms with Gasteiger partial charge < -0.3 is 19.0 Å². The van der Waals surface area contributed by atoms with E-state index in [9.17, 15) is 14.0 Å². The molecule has 1 saturated heterocycles. The summed E-state index contributed by atoms with van der Waals surface area (Å²) in [7, 11) is 1.36. The Balaban J connectivity index is 1.65. The molecule has 1 aliphatic rings. The Labute approximate surface area is 138 Å². The van der Waals surface area contributed by atoms with Crippen LogP contribution in [0.4, 0.5) is 10.1 Å². The minimum Gasteiger partial charge on any atom is -0.490 e. The van der Waals surface area contributed by atoms with Crippen molar-refractivity contribution in [2.75, 3.05) is 38.2 Å². The number of carbonyl (C=O) groups is 1. The number of anilines is 1. The maximum absolute atomic E-state index is 13.0. The highest BCUT2D eigenvalue weighted by molar-refractivity contribution is 5.91. The molecular weight excluding hydrogens is 315 g/mol. The van der Waals surface area contributed by atoms with Gasteiger partial charge in [0.25, 0.3) is 5.91 Å². The number of piperazine rings is 1. The van der Waals surface area contributed by atoms with Crippen LogP contribution in [0.1, 0.15) is 10.6 Å². The Kier molecular flexibility index (Phi) is 4.50. The quantitative estimate of drug-likeness (QED) is 0.857. The van der Waals surface area contributed by atoms with Crippen LogP contribution in [0, 0.1) is 5.82 Å². The van der Waals surface area contributed by atoms with E-state index in [4.69, 9.17) is 9.15 Å². The van der Waals surface area contributed by atoms with Crippen LogP contribution in [-0.2, 0) is 0 Å². The van der Waals surface area contributed by atoms with Gasteiger partial charge in [-0.15, -0.1) is 0 Å². The van der Waals surface area contributed by atoms with Crippen molar-refractivity contribution in [3.05, 3.63) is 58.4 Å². The summed E-state index contributed by atoms with van der Waals surface area (Å²) >= 11 is 0. The van der Waals surface area contributed by atoms with Crippen LogP contribution in [0.15, 0.2) is 45.8 Å². The Morgan fingerprint density at radius 3 is 2.42 bits per heavy atom. The molecule has 1 aliphatic heterocycles. The maximum atomic E-state index is 13.0. The molecule has 24 heavy (non-hydrogen) atoms. The predicted octanol–water partition coefficient (Wildman–Crippen LogP) is 1.75. The van der Waals surface area contributed by atoms with Crippen LogP contribution in [0.5, 0.6) is 5.75 Å². The fourth-order valence-electron chi connectivity index (χ4n) is 2.64. The molecule has 0 saturated carbocycles. The number of halogens is 1. The van der Waals surface area contributed by atoms with Crippen molar-refractivity contribution in [2.45, 2.75) is 0 Å². The Morgan fingerprint density at radius 2 is 1.83 bits per heavy atom. The van der Waals surface area contributed by atoms with Gasteiger partial charge in [0, 0.05) is 37.9 Å². The molecule has 126 valence electrons. The number of nitrogens with zero attached hydrogens (tertiary/aromatic N) is 2. The first kappa shape index (κ1) is 16.0. The highest BCUT2D eigenvalue weighted by atomic mass is 19.1. The van der Waals surface area contributed by atoms with Gasteiger partial charge >= 0.3 is 0 Å². The minimum absolute atomic E-state index is 0.00367. The molecule has 7 heteroatoms. The van der Waals surface area contributed by atoms with Crippen molar-refractivity contribution in [3.8, 4) is 5.75 Å². The molecule has 3 rings (SSSR count). The lowest BCUT2D eigenvalue weighted by Crippen LogP contribution is -2.48. The molecule has 0 radical (unpaired) electrons. The molecular formula is C17H17FN2O4. The second-order valence-corrected chi connectivity index (χ2v) is 5.43. The molecule has 1 amide bonds. The summed E-state index contributed by atoms with van der Waals surface area (Å²) in [5.41, 5.74) is 0.525. The second-order valence-electron chi connectivity index (χ2n) is 5.43. The fourth-order valence-corrected chi connectivity index (χ4v) is 2.64. The smallest absolute Gasteiger partial charge is 0.289 e. The number of ether oxygens (including phenoxy) is 1. The topological polar surface area (TPSA) is 63.0 Å². The standard InChI is InChI=1S/C17H17FN2O4/c1-23-16-11-24-15(10-14(16)21)17(22)20-8-6-19(7-9-20)13-4-2-12(18)3-5-13/h2-5,10-11H,6-9H2,1H3. The molecule has 0 spiro atoms. The van der Waals surface area contributed by atoms with Crippen molar-refractivity contribution in [1.82, 2.24) is 4.90 Å². The van der Waals surface area contributed by atoms with Crippen molar-refractivity contribution in [3.63, 3.8) is 0 Å². The Morgan fingerprint density at radius 1 is 1.17 bits per heavy atom. The summed E-state index contributed by atoms with van der Waals surface area (Å²) in [5.74, 6) is -0.542. The molecule has 0 atom stereocenters. The average molecular weight is 332 g/mol. The molecule has 2 heterocycles. The van der Waals surface area contributed by atoms with Crippen molar-refractivity contribution < 1.29 is 18.3 Å². The minimum atomic E-state index is -0.392. The zero-order valence-corrected chi connectivity index (χ0v) is 13.2. The van der Waals surface area contributed by atoms with Crippen LogP contribution in [0.3, 0.4) is 0 Å². The van der Waals surface area contributed by atoms with Gasteiger partial charge in [-0.3, -0.25) is 9.59 Å². The lowest BCUT2D eigenvalue weighted by atomic mass is 10.2. The molecule has 1 fully saturated rings. The molecule has 2 aromatic rings. The van der Waals surface area contributed by atoms with Gasteiger partial charge in [-0.25, -0.2) is 4.39 Å². The maximum Gasteiger partial charge on any atom is 0.289 e. The molecule has 0 bridgehead atoms. The lowest BCUT2D eigenvalue weighted by Gasteiger charge is -2.35. The zero-order valence-electron chi connectivity index (χ0n) is 13.2. The van der Waals surface area contributed by atoms with Gasteiger partial charge in [-0.1, -0.05) is 0 Å². The number of rotatable bonds is 3. The van der Waals surface area contributed by atoms with E-state index in [1.807, 2.05) is 0 Å². The summed E-state index contributed by atoms with van der Waals surface area (Å²) in [6, 6.07) is 7.41. The number of hydrogen-bond donors (Lipinski definition) is 0. The SMILES string of the molecule is COc1coc(C(=O)N2CCN(c3ccc(F)cc3)CC2)cc1=O. The number of methoxy groups -OCH3 is 1. The second kappa shape index (κ2) is 6.74. The first-order chi connectivity index (χ1) is 11.6. The van der Waals surface area contributed by atoms with Crippen molar-refractivity contribution >= 4 is 11.6 Å². The number of carbonyl (C=O) groups excluding carboxylic acids is 1. The van der Waals surface area contributed by atoms with Crippen molar-refractivity contribution in [1.29, 1.82) is 0 Å². The molecule has 1 aromatic heterocycles. The predicted molar refractivity (Wildman–Crippen MR) is 86.0 cm³/mol. The van der Waals surface area contributed by atoms with Crippen LogP contribution < -0.4 is 15.1 Å². The first-order valence-electron chi connectivity index (χ1n) is 7.55. The highest BCUT2D eigenvalue weighted by Gasteiger charge is 2.24. The number of amides is 1. The average Bonchev–Trinajstić information content (AvgIpc) is 2.62. The first-order valence-corrected chi connectivity index (χ1v) is 7.55. The largest absolute Gasteiger partial charge is 0.490 e.